The Hall–Kier alpha value is -1.14. The lowest BCUT2D eigenvalue weighted by Crippen LogP contribution is -2.28. The maximum Gasteiger partial charge on any atom is 0.313 e. The summed E-state index contributed by atoms with van der Waals surface area (Å²) in [5.41, 5.74) is 1.04. The molecule has 1 aromatic carbocycles. The Morgan fingerprint density at radius 1 is 1.26 bits per heavy atom. The Kier molecular flexibility index (Phi) is 6.80. The summed E-state index contributed by atoms with van der Waals surface area (Å²) in [5, 5.41) is 11.3. The van der Waals surface area contributed by atoms with Gasteiger partial charge in [-0.1, -0.05) is 12.1 Å². The predicted octanol–water partition coefficient (Wildman–Crippen LogP) is 2.40. The second-order valence-corrected chi connectivity index (χ2v) is 5.81. The van der Waals surface area contributed by atoms with Crippen molar-refractivity contribution in [1.29, 1.82) is 0 Å². The van der Waals surface area contributed by atoms with E-state index in [9.17, 15) is 9.59 Å². The smallest absolute Gasteiger partial charge is 0.313 e. The molecule has 0 fully saturated rings. The Labute approximate surface area is 121 Å². The number of thioether (sulfide) groups is 2. The summed E-state index contributed by atoms with van der Waals surface area (Å²) in [6.07, 6.45) is 2.01. The minimum absolute atomic E-state index is 0.0514. The summed E-state index contributed by atoms with van der Waals surface area (Å²) in [4.78, 5) is 23.1. The zero-order valence-corrected chi connectivity index (χ0v) is 12.5. The molecule has 1 unspecified atom stereocenters. The molecular formula is C13H17NO3S2. The zero-order valence-electron chi connectivity index (χ0n) is 10.9. The van der Waals surface area contributed by atoms with Crippen molar-refractivity contribution in [3.05, 3.63) is 29.8 Å². The van der Waals surface area contributed by atoms with Gasteiger partial charge in [0.15, 0.2) is 0 Å². The van der Waals surface area contributed by atoms with E-state index in [1.165, 1.54) is 4.90 Å². The quantitative estimate of drug-likeness (QED) is 0.757. The topological polar surface area (TPSA) is 66.4 Å². The van der Waals surface area contributed by atoms with Crippen LogP contribution in [0, 0.1) is 0 Å². The minimum Gasteiger partial charge on any atom is -0.481 e. The molecule has 2 N–H and O–H groups in total. The van der Waals surface area contributed by atoms with Gasteiger partial charge in [-0.3, -0.25) is 9.59 Å². The van der Waals surface area contributed by atoms with Crippen LogP contribution in [0.25, 0.3) is 0 Å². The van der Waals surface area contributed by atoms with Crippen molar-refractivity contribution in [3.8, 4) is 0 Å². The fourth-order valence-electron chi connectivity index (χ4n) is 1.49. The van der Waals surface area contributed by atoms with Crippen molar-refractivity contribution in [2.24, 2.45) is 0 Å². The molecule has 0 aliphatic rings. The van der Waals surface area contributed by atoms with Crippen molar-refractivity contribution in [2.45, 2.75) is 17.9 Å². The fraction of sp³-hybridized carbons (Fsp3) is 0.385. The molecule has 0 radical (unpaired) electrons. The SMILES string of the molecule is CSc1ccc(C(C)NC(=O)CSCC(=O)O)cc1. The highest BCUT2D eigenvalue weighted by Crippen LogP contribution is 2.18. The van der Waals surface area contributed by atoms with Crippen LogP contribution in [0.5, 0.6) is 0 Å². The molecule has 1 amide bonds. The Bertz CT molecular complexity index is 434. The van der Waals surface area contributed by atoms with Gasteiger partial charge in [0.05, 0.1) is 17.5 Å². The predicted molar refractivity (Wildman–Crippen MR) is 79.7 cm³/mol. The number of benzene rings is 1. The molecule has 104 valence electrons. The van der Waals surface area contributed by atoms with Gasteiger partial charge in [0, 0.05) is 4.90 Å². The first-order valence-corrected chi connectivity index (χ1v) is 8.13. The molecule has 0 heterocycles. The fourth-order valence-corrected chi connectivity index (χ4v) is 2.44. The van der Waals surface area contributed by atoms with Crippen molar-refractivity contribution in [3.63, 3.8) is 0 Å². The van der Waals surface area contributed by atoms with Crippen LogP contribution in [-0.4, -0.2) is 34.7 Å². The molecule has 4 nitrogen and oxygen atoms in total. The number of carboxylic acid groups (broad SMARTS) is 1. The van der Waals surface area contributed by atoms with Gasteiger partial charge >= 0.3 is 5.97 Å². The van der Waals surface area contributed by atoms with Gasteiger partial charge in [-0.05, 0) is 30.9 Å². The molecular weight excluding hydrogens is 282 g/mol. The summed E-state index contributed by atoms with van der Waals surface area (Å²) in [5.74, 6) is -0.935. The molecule has 0 spiro atoms. The third-order valence-corrected chi connectivity index (χ3v) is 4.11. The van der Waals surface area contributed by atoms with Crippen molar-refractivity contribution < 1.29 is 14.7 Å². The average Bonchev–Trinajstić information content (AvgIpc) is 2.38. The number of amides is 1. The maximum absolute atomic E-state index is 11.6. The average molecular weight is 299 g/mol. The minimum atomic E-state index is -0.904. The second kappa shape index (κ2) is 8.12. The van der Waals surface area contributed by atoms with E-state index < -0.39 is 5.97 Å². The Morgan fingerprint density at radius 3 is 2.42 bits per heavy atom. The van der Waals surface area contributed by atoms with E-state index in [0.29, 0.717) is 0 Å². The maximum atomic E-state index is 11.6. The summed E-state index contributed by atoms with van der Waals surface area (Å²) in [6.45, 7) is 1.91. The molecule has 6 heteroatoms. The first-order chi connectivity index (χ1) is 9.02. The molecule has 0 saturated carbocycles. The summed E-state index contributed by atoms with van der Waals surface area (Å²) >= 11 is 2.77. The highest BCUT2D eigenvalue weighted by molar-refractivity contribution is 8.00. The lowest BCUT2D eigenvalue weighted by atomic mass is 10.1. The molecule has 0 bridgehead atoms. The molecule has 0 aliphatic carbocycles. The van der Waals surface area contributed by atoms with Crippen molar-refractivity contribution >= 4 is 35.4 Å². The molecule has 1 atom stereocenters. The first kappa shape index (κ1) is 15.9. The number of nitrogens with one attached hydrogen (secondary N) is 1. The monoisotopic (exact) mass is 299 g/mol. The van der Waals surface area contributed by atoms with Gasteiger partial charge in [-0.25, -0.2) is 0 Å². The molecule has 0 saturated heterocycles. The number of rotatable bonds is 7. The highest BCUT2D eigenvalue weighted by atomic mass is 32.2. The summed E-state index contributed by atoms with van der Waals surface area (Å²) in [7, 11) is 0. The standard InChI is InChI=1S/C13H17NO3S2/c1-9(10-3-5-11(18-2)6-4-10)14-12(15)7-19-8-13(16)17/h3-6,9H,7-8H2,1-2H3,(H,14,15)(H,16,17). The highest BCUT2D eigenvalue weighted by Gasteiger charge is 2.10. The Balaban J connectivity index is 2.42. The molecule has 19 heavy (non-hydrogen) atoms. The van der Waals surface area contributed by atoms with Gasteiger partial charge in [-0.2, -0.15) is 0 Å². The van der Waals surface area contributed by atoms with E-state index in [0.717, 1.165) is 17.3 Å². The normalized spacial score (nSPS) is 11.9. The number of carboxylic acids is 1. The van der Waals surface area contributed by atoms with Gasteiger partial charge in [0.2, 0.25) is 5.91 Å². The molecule has 1 aromatic rings. The zero-order chi connectivity index (χ0) is 14.3. The van der Waals surface area contributed by atoms with E-state index in [-0.39, 0.29) is 23.5 Å². The van der Waals surface area contributed by atoms with E-state index >= 15 is 0 Å². The van der Waals surface area contributed by atoms with Crippen LogP contribution < -0.4 is 5.32 Å². The number of hydrogen-bond acceptors (Lipinski definition) is 4. The van der Waals surface area contributed by atoms with Crippen molar-refractivity contribution in [2.75, 3.05) is 17.8 Å². The number of aliphatic carboxylic acids is 1. The van der Waals surface area contributed by atoms with Gasteiger partial charge < -0.3 is 10.4 Å². The summed E-state index contributed by atoms with van der Waals surface area (Å²) in [6, 6.07) is 7.93. The summed E-state index contributed by atoms with van der Waals surface area (Å²) < 4.78 is 0. The van der Waals surface area contributed by atoms with Crippen LogP contribution in [-0.2, 0) is 9.59 Å². The lowest BCUT2D eigenvalue weighted by Gasteiger charge is -2.14. The van der Waals surface area contributed by atoms with Crippen LogP contribution in [0.15, 0.2) is 29.2 Å². The van der Waals surface area contributed by atoms with Gasteiger partial charge in [0.25, 0.3) is 0 Å². The van der Waals surface area contributed by atoms with Crippen LogP contribution in [0.4, 0.5) is 0 Å². The van der Waals surface area contributed by atoms with Gasteiger partial charge in [-0.15, -0.1) is 23.5 Å². The first-order valence-electron chi connectivity index (χ1n) is 5.75. The van der Waals surface area contributed by atoms with Crippen LogP contribution >= 0.6 is 23.5 Å². The molecule has 1 rings (SSSR count). The third-order valence-electron chi connectivity index (χ3n) is 2.45. The number of carbonyl (C=O) groups is 2. The lowest BCUT2D eigenvalue weighted by molar-refractivity contribution is -0.133. The number of carbonyl (C=O) groups excluding carboxylic acids is 1. The van der Waals surface area contributed by atoms with E-state index in [4.69, 9.17) is 5.11 Å². The van der Waals surface area contributed by atoms with E-state index in [1.807, 2.05) is 37.4 Å². The molecule has 0 aliphatic heterocycles. The second-order valence-electron chi connectivity index (χ2n) is 3.95. The van der Waals surface area contributed by atoms with Crippen LogP contribution in [0.3, 0.4) is 0 Å². The Morgan fingerprint density at radius 2 is 1.89 bits per heavy atom. The van der Waals surface area contributed by atoms with E-state index in [1.54, 1.807) is 11.8 Å². The largest absolute Gasteiger partial charge is 0.481 e. The van der Waals surface area contributed by atoms with E-state index in [2.05, 4.69) is 5.32 Å². The van der Waals surface area contributed by atoms with Crippen molar-refractivity contribution in [1.82, 2.24) is 5.32 Å². The van der Waals surface area contributed by atoms with Crippen LogP contribution in [0.2, 0.25) is 0 Å². The molecule has 0 aromatic heterocycles. The van der Waals surface area contributed by atoms with Gasteiger partial charge in [0.1, 0.15) is 0 Å². The van der Waals surface area contributed by atoms with Crippen LogP contribution in [0.1, 0.15) is 18.5 Å². The number of hydrogen-bond donors (Lipinski definition) is 2. The third kappa shape index (κ3) is 6.02.